The molecule has 4 aromatic rings. The molecule has 0 spiro atoms. The monoisotopic (exact) mass is 457 g/mol. The van der Waals surface area contributed by atoms with E-state index in [1.54, 1.807) is 18.3 Å². The van der Waals surface area contributed by atoms with Gasteiger partial charge in [-0.25, -0.2) is 9.97 Å². The predicted molar refractivity (Wildman–Crippen MR) is 131 cm³/mol. The number of nitrogens with zero attached hydrogens (tertiary/aromatic N) is 3. The minimum absolute atomic E-state index is 0.230. The number of carbonyl (C=O) groups is 1. The Labute approximate surface area is 194 Å². The molecule has 0 fully saturated rings. The van der Waals surface area contributed by atoms with Crippen molar-refractivity contribution in [1.82, 2.24) is 9.97 Å². The summed E-state index contributed by atoms with van der Waals surface area (Å²) >= 11 is 2.80. The standard InChI is InChI=1S/C24H19N5OS2/c1-15-8-9-19(12-17(15)13-25)27-18-6-3-5-16(11-18)21-14-32-24(28-21)29-22(30)20-7-4-10-26-23(20)31-2/h3-12,14,27H,1-2H3,(H,28,29,30). The van der Waals surface area contributed by atoms with Gasteiger partial charge in [0.15, 0.2) is 5.13 Å². The van der Waals surface area contributed by atoms with Crippen LogP contribution in [0.5, 0.6) is 0 Å². The number of hydrogen-bond donors (Lipinski definition) is 2. The summed E-state index contributed by atoms with van der Waals surface area (Å²) in [5.74, 6) is -0.230. The first-order valence-electron chi connectivity index (χ1n) is 9.71. The van der Waals surface area contributed by atoms with E-state index < -0.39 is 0 Å². The van der Waals surface area contributed by atoms with Gasteiger partial charge < -0.3 is 5.32 Å². The molecule has 0 radical (unpaired) electrons. The van der Waals surface area contributed by atoms with Crippen LogP contribution in [0.3, 0.4) is 0 Å². The van der Waals surface area contributed by atoms with E-state index >= 15 is 0 Å². The summed E-state index contributed by atoms with van der Waals surface area (Å²) in [4.78, 5) is 21.5. The van der Waals surface area contributed by atoms with Crippen molar-refractivity contribution in [3.63, 3.8) is 0 Å². The molecule has 6 nitrogen and oxygen atoms in total. The van der Waals surface area contributed by atoms with Crippen molar-refractivity contribution in [3.8, 4) is 17.3 Å². The number of benzene rings is 2. The number of hydrogen-bond acceptors (Lipinski definition) is 7. The van der Waals surface area contributed by atoms with Crippen LogP contribution in [0.1, 0.15) is 21.5 Å². The second kappa shape index (κ2) is 9.64. The molecule has 1 amide bonds. The lowest BCUT2D eigenvalue weighted by molar-refractivity contribution is 0.102. The van der Waals surface area contributed by atoms with E-state index in [-0.39, 0.29) is 5.91 Å². The molecule has 2 N–H and O–H groups in total. The van der Waals surface area contributed by atoms with E-state index in [2.05, 4.69) is 26.7 Å². The summed E-state index contributed by atoms with van der Waals surface area (Å²) in [7, 11) is 0. The number of thiazole rings is 1. The highest BCUT2D eigenvalue weighted by molar-refractivity contribution is 7.98. The second-order valence-corrected chi connectivity index (χ2v) is 8.55. The van der Waals surface area contributed by atoms with Crippen molar-refractivity contribution >= 4 is 45.5 Å². The number of nitrogens with one attached hydrogen (secondary N) is 2. The number of carbonyl (C=O) groups excluding carboxylic acids is 1. The van der Waals surface area contributed by atoms with Crippen LogP contribution in [0.25, 0.3) is 11.3 Å². The van der Waals surface area contributed by atoms with Crippen LogP contribution in [-0.4, -0.2) is 22.1 Å². The fraction of sp³-hybridized carbons (Fsp3) is 0.0833. The molecule has 2 aromatic heterocycles. The Morgan fingerprint density at radius 3 is 2.78 bits per heavy atom. The third-order valence-corrected chi connectivity index (χ3v) is 6.21. The van der Waals surface area contributed by atoms with Crippen LogP contribution < -0.4 is 10.6 Å². The van der Waals surface area contributed by atoms with Gasteiger partial charge in [0, 0.05) is 28.5 Å². The zero-order chi connectivity index (χ0) is 22.5. The molecule has 2 aromatic carbocycles. The maximum atomic E-state index is 12.6. The molecule has 0 atom stereocenters. The summed E-state index contributed by atoms with van der Waals surface area (Å²) in [5.41, 5.74) is 5.53. The van der Waals surface area contributed by atoms with Crippen LogP contribution in [0.2, 0.25) is 0 Å². The molecule has 32 heavy (non-hydrogen) atoms. The smallest absolute Gasteiger partial charge is 0.260 e. The number of aryl methyl sites for hydroxylation is 1. The molecule has 158 valence electrons. The molecule has 0 saturated carbocycles. The van der Waals surface area contributed by atoms with Gasteiger partial charge in [-0.3, -0.25) is 10.1 Å². The Morgan fingerprint density at radius 1 is 1.12 bits per heavy atom. The lowest BCUT2D eigenvalue weighted by Gasteiger charge is -2.09. The van der Waals surface area contributed by atoms with Crippen molar-refractivity contribution in [2.45, 2.75) is 11.9 Å². The van der Waals surface area contributed by atoms with E-state index in [0.717, 1.165) is 28.2 Å². The average Bonchev–Trinajstić information content (AvgIpc) is 3.29. The maximum Gasteiger partial charge on any atom is 0.260 e. The third kappa shape index (κ3) is 4.80. The molecule has 0 saturated heterocycles. The van der Waals surface area contributed by atoms with Gasteiger partial charge in [-0.2, -0.15) is 5.26 Å². The zero-order valence-corrected chi connectivity index (χ0v) is 19.1. The summed E-state index contributed by atoms with van der Waals surface area (Å²) in [6, 6.07) is 19.2. The van der Waals surface area contributed by atoms with Crippen LogP contribution in [0, 0.1) is 18.3 Å². The normalized spacial score (nSPS) is 10.4. The Bertz CT molecular complexity index is 1330. The van der Waals surface area contributed by atoms with Crippen molar-refractivity contribution in [2.24, 2.45) is 0 Å². The van der Waals surface area contributed by atoms with E-state index in [9.17, 15) is 10.1 Å². The molecular formula is C24H19N5OS2. The molecular weight excluding hydrogens is 438 g/mol. The first-order valence-corrected chi connectivity index (χ1v) is 11.8. The average molecular weight is 458 g/mol. The number of rotatable bonds is 6. The predicted octanol–water partition coefficient (Wildman–Crippen LogP) is 6.10. The summed E-state index contributed by atoms with van der Waals surface area (Å²) < 4.78 is 0. The summed E-state index contributed by atoms with van der Waals surface area (Å²) in [5, 5.41) is 18.6. The number of aromatic nitrogens is 2. The van der Waals surface area contributed by atoms with Crippen LogP contribution in [0.4, 0.5) is 16.5 Å². The lowest BCUT2D eigenvalue weighted by atomic mass is 10.1. The lowest BCUT2D eigenvalue weighted by Crippen LogP contribution is -2.13. The highest BCUT2D eigenvalue weighted by atomic mass is 32.2. The Kier molecular flexibility index (Phi) is 6.50. The van der Waals surface area contributed by atoms with Gasteiger partial charge in [0.25, 0.3) is 5.91 Å². The molecule has 4 rings (SSSR count). The van der Waals surface area contributed by atoms with E-state index in [1.165, 1.54) is 23.1 Å². The highest BCUT2D eigenvalue weighted by Crippen LogP contribution is 2.29. The van der Waals surface area contributed by atoms with Gasteiger partial charge in [0.05, 0.1) is 22.9 Å². The molecule has 0 aliphatic heterocycles. The van der Waals surface area contributed by atoms with Crippen LogP contribution in [-0.2, 0) is 0 Å². The molecule has 8 heteroatoms. The first kappa shape index (κ1) is 21.6. The van der Waals surface area contributed by atoms with Crippen molar-refractivity contribution in [3.05, 3.63) is 82.9 Å². The fourth-order valence-corrected chi connectivity index (χ4v) is 4.36. The zero-order valence-electron chi connectivity index (χ0n) is 17.4. The molecule has 0 aliphatic carbocycles. The van der Waals surface area contributed by atoms with Crippen molar-refractivity contribution in [2.75, 3.05) is 16.9 Å². The number of nitriles is 1. The third-order valence-electron chi connectivity index (χ3n) is 4.74. The van der Waals surface area contributed by atoms with Crippen molar-refractivity contribution in [1.29, 1.82) is 5.26 Å². The Morgan fingerprint density at radius 2 is 1.97 bits per heavy atom. The maximum absolute atomic E-state index is 12.6. The molecule has 0 aliphatic rings. The molecule has 0 unspecified atom stereocenters. The van der Waals surface area contributed by atoms with Crippen molar-refractivity contribution < 1.29 is 4.79 Å². The minimum atomic E-state index is -0.230. The van der Waals surface area contributed by atoms with Crippen LogP contribution in [0.15, 0.2) is 71.2 Å². The number of thioether (sulfide) groups is 1. The Hall–Kier alpha value is -3.67. The fourth-order valence-electron chi connectivity index (χ4n) is 3.10. The number of pyridine rings is 1. The van der Waals surface area contributed by atoms with Crippen LogP contribution >= 0.6 is 23.1 Å². The second-order valence-electron chi connectivity index (χ2n) is 6.90. The van der Waals surface area contributed by atoms with E-state index in [4.69, 9.17) is 0 Å². The largest absolute Gasteiger partial charge is 0.355 e. The molecule has 0 bridgehead atoms. The SMILES string of the molecule is CSc1ncccc1C(=O)Nc1nc(-c2cccc(Nc3ccc(C)c(C#N)c3)c2)cs1. The number of anilines is 3. The van der Waals surface area contributed by atoms with Gasteiger partial charge in [-0.1, -0.05) is 18.2 Å². The van der Waals surface area contributed by atoms with Gasteiger partial charge in [-0.05, 0) is 55.1 Å². The Balaban J connectivity index is 1.51. The minimum Gasteiger partial charge on any atom is -0.355 e. The quantitative estimate of drug-likeness (QED) is 0.340. The van der Waals surface area contributed by atoms with Gasteiger partial charge >= 0.3 is 0 Å². The van der Waals surface area contributed by atoms with E-state index in [1.807, 2.05) is 61.0 Å². The van der Waals surface area contributed by atoms with Gasteiger partial charge in [-0.15, -0.1) is 23.1 Å². The summed E-state index contributed by atoms with van der Waals surface area (Å²) in [6.07, 6.45) is 3.56. The first-order chi connectivity index (χ1) is 15.6. The summed E-state index contributed by atoms with van der Waals surface area (Å²) in [6.45, 7) is 1.91. The van der Waals surface area contributed by atoms with Gasteiger partial charge in [0.1, 0.15) is 5.03 Å². The highest BCUT2D eigenvalue weighted by Gasteiger charge is 2.14. The topological polar surface area (TPSA) is 90.7 Å². The van der Waals surface area contributed by atoms with E-state index in [0.29, 0.717) is 21.3 Å². The van der Waals surface area contributed by atoms with Gasteiger partial charge in [0.2, 0.25) is 0 Å². The molecule has 2 heterocycles. The number of amides is 1.